The zero-order valence-corrected chi connectivity index (χ0v) is 7.80. The second kappa shape index (κ2) is 3.63. The van der Waals surface area contributed by atoms with E-state index in [-0.39, 0.29) is 10.0 Å². The summed E-state index contributed by atoms with van der Waals surface area (Å²) in [6.45, 7) is 0. The van der Waals surface area contributed by atoms with Crippen LogP contribution in [-0.2, 0) is 0 Å². The molecule has 72 valence electrons. The van der Waals surface area contributed by atoms with Crippen LogP contribution in [0.2, 0.25) is 0 Å². The van der Waals surface area contributed by atoms with Gasteiger partial charge in [0, 0.05) is 22.4 Å². The second-order valence-corrected chi connectivity index (χ2v) is 3.20. The highest BCUT2D eigenvalue weighted by molar-refractivity contribution is 9.10. The van der Waals surface area contributed by atoms with E-state index in [4.69, 9.17) is 5.11 Å². The van der Waals surface area contributed by atoms with E-state index in [1.54, 1.807) is 0 Å². The summed E-state index contributed by atoms with van der Waals surface area (Å²) in [6, 6.07) is 1.11. The number of hydrogen-bond donors (Lipinski definition) is 1. The molecular formula is C7H5BrF3NO. The standard InChI is InChI=1S/C7H5BrF3NO/c8-5-3-12-2-1-4(5)6(13)7(9,10)11/h1-3,6,13H/t6-/m1/s1. The predicted molar refractivity (Wildman–Crippen MR) is 43.0 cm³/mol. The van der Waals surface area contributed by atoms with Crippen molar-refractivity contribution >= 4 is 15.9 Å². The molecule has 0 aliphatic carbocycles. The number of aromatic nitrogens is 1. The third-order valence-corrected chi connectivity index (χ3v) is 2.07. The lowest BCUT2D eigenvalue weighted by Crippen LogP contribution is -2.20. The van der Waals surface area contributed by atoms with E-state index in [2.05, 4.69) is 20.9 Å². The number of hydrogen-bond acceptors (Lipinski definition) is 2. The van der Waals surface area contributed by atoms with Gasteiger partial charge in [0.2, 0.25) is 0 Å². The van der Waals surface area contributed by atoms with Gasteiger partial charge in [-0.15, -0.1) is 0 Å². The lowest BCUT2D eigenvalue weighted by Gasteiger charge is -2.15. The fourth-order valence-electron chi connectivity index (χ4n) is 0.784. The Morgan fingerprint density at radius 3 is 2.54 bits per heavy atom. The molecule has 1 heterocycles. The average molecular weight is 256 g/mol. The Hall–Kier alpha value is -0.620. The molecule has 13 heavy (non-hydrogen) atoms. The van der Waals surface area contributed by atoms with E-state index in [1.165, 1.54) is 12.4 Å². The topological polar surface area (TPSA) is 33.1 Å². The first-order valence-electron chi connectivity index (χ1n) is 3.27. The Bertz CT molecular complexity index is 302. The van der Waals surface area contributed by atoms with E-state index in [0.717, 1.165) is 6.07 Å². The van der Waals surface area contributed by atoms with Gasteiger partial charge in [-0.3, -0.25) is 4.98 Å². The molecule has 0 radical (unpaired) electrons. The molecule has 0 bridgehead atoms. The van der Waals surface area contributed by atoms with Gasteiger partial charge in [-0.05, 0) is 22.0 Å². The van der Waals surface area contributed by atoms with Crippen molar-refractivity contribution in [3.63, 3.8) is 0 Å². The number of nitrogens with zero attached hydrogens (tertiary/aromatic N) is 1. The third-order valence-electron chi connectivity index (χ3n) is 1.41. The summed E-state index contributed by atoms with van der Waals surface area (Å²) < 4.78 is 36.2. The van der Waals surface area contributed by atoms with Crippen LogP contribution in [0.25, 0.3) is 0 Å². The molecule has 0 aliphatic heterocycles. The highest BCUT2D eigenvalue weighted by Gasteiger charge is 2.40. The molecule has 2 nitrogen and oxygen atoms in total. The van der Waals surface area contributed by atoms with Crippen molar-refractivity contribution in [2.75, 3.05) is 0 Å². The molecule has 6 heteroatoms. The van der Waals surface area contributed by atoms with Crippen LogP contribution in [0.1, 0.15) is 11.7 Å². The Kier molecular flexibility index (Phi) is 2.92. The van der Waals surface area contributed by atoms with E-state index < -0.39 is 12.3 Å². The van der Waals surface area contributed by atoms with Crippen molar-refractivity contribution in [1.82, 2.24) is 4.98 Å². The van der Waals surface area contributed by atoms with Gasteiger partial charge in [-0.1, -0.05) is 0 Å². The van der Waals surface area contributed by atoms with Crippen molar-refractivity contribution in [3.8, 4) is 0 Å². The molecule has 0 fully saturated rings. The Balaban J connectivity index is 3.02. The normalized spacial score (nSPS) is 14.2. The van der Waals surface area contributed by atoms with Crippen LogP contribution in [0.3, 0.4) is 0 Å². The zero-order chi connectivity index (χ0) is 10.1. The molecule has 0 unspecified atom stereocenters. The maximum Gasteiger partial charge on any atom is 0.418 e. The van der Waals surface area contributed by atoms with Crippen LogP contribution >= 0.6 is 15.9 Å². The summed E-state index contributed by atoms with van der Waals surface area (Å²) in [6.07, 6.45) is -4.73. The zero-order valence-electron chi connectivity index (χ0n) is 6.22. The number of rotatable bonds is 1. The van der Waals surface area contributed by atoms with Crippen LogP contribution in [-0.4, -0.2) is 16.3 Å². The maximum absolute atomic E-state index is 12.0. The summed E-state index contributed by atoms with van der Waals surface area (Å²) in [5.74, 6) is 0. The van der Waals surface area contributed by atoms with Gasteiger partial charge < -0.3 is 5.11 Å². The highest BCUT2D eigenvalue weighted by atomic mass is 79.9. The van der Waals surface area contributed by atoms with Gasteiger partial charge in [0.1, 0.15) is 0 Å². The molecular weight excluding hydrogens is 251 g/mol. The van der Waals surface area contributed by atoms with Gasteiger partial charge in [0.05, 0.1) is 0 Å². The molecule has 0 saturated carbocycles. The van der Waals surface area contributed by atoms with E-state index in [1.807, 2.05) is 0 Å². The number of pyridine rings is 1. The summed E-state index contributed by atoms with van der Waals surface area (Å²) in [4.78, 5) is 3.58. The second-order valence-electron chi connectivity index (χ2n) is 2.34. The molecule has 1 aromatic rings. The molecule has 1 aromatic heterocycles. The monoisotopic (exact) mass is 255 g/mol. The van der Waals surface area contributed by atoms with Gasteiger partial charge in [-0.25, -0.2) is 0 Å². The van der Waals surface area contributed by atoms with E-state index in [9.17, 15) is 13.2 Å². The largest absolute Gasteiger partial charge is 0.418 e. The predicted octanol–water partition coefficient (Wildman–Crippen LogP) is 2.44. The molecule has 0 saturated heterocycles. The van der Waals surface area contributed by atoms with Gasteiger partial charge in [-0.2, -0.15) is 13.2 Å². The molecule has 0 spiro atoms. The van der Waals surface area contributed by atoms with Gasteiger partial charge in [0.25, 0.3) is 0 Å². The van der Waals surface area contributed by atoms with Crippen LogP contribution in [0.5, 0.6) is 0 Å². The number of aliphatic hydroxyl groups excluding tert-OH is 1. The maximum atomic E-state index is 12.0. The minimum Gasteiger partial charge on any atom is -0.379 e. The van der Waals surface area contributed by atoms with Gasteiger partial charge >= 0.3 is 6.18 Å². The number of halogens is 4. The SMILES string of the molecule is O[C@H](c1ccncc1Br)C(F)(F)F. The summed E-state index contributed by atoms with van der Waals surface area (Å²) in [5.41, 5.74) is -0.234. The van der Waals surface area contributed by atoms with Crippen molar-refractivity contribution in [2.24, 2.45) is 0 Å². The Morgan fingerprint density at radius 1 is 1.46 bits per heavy atom. The Morgan fingerprint density at radius 2 is 2.08 bits per heavy atom. The minimum atomic E-state index is -4.65. The Labute approximate surface area is 80.5 Å². The van der Waals surface area contributed by atoms with Crippen molar-refractivity contribution < 1.29 is 18.3 Å². The average Bonchev–Trinajstić information content (AvgIpc) is 2.02. The molecule has 0 aromatic carbocycles. The number of alkyl halides is 3. The van der Waals surface area contributed by atoms with Crippen LogP contribution in [0, 0.1) is 0 Å². The van der Waals surface area contributed by atoms with Crippen molar-refractivity contribution in [1.29, 1.82) is 0 Å². The first-order chi connectivity index (χ1) is 5.93. The molecule has 0 aliphatic rings. The quantitative estimate of drug-likeness (QED) is 0.837. The van der Waals surface area contributed by atoms with E-state index in [0.29, 0.717) is 0 Å². The summed E-state index contributed by atoms with van der Waals surface area (Å²) in [5, 5.41) is 8.86. The highest BCUT2D eigenvalue weighted by Crippen LogP contribution is 2.35. The fraction of sp³-hybridized carbons (Fsp3) is 0.286. The number of aliphatic hydroxyl groups is 1. The van der Waals surface area contributed by atoms with E-state index >= 15 is 0 Å². The lowest BCUT2D eigenvalue weighted by atomic mass is 10.1. The van der Waals surface area contributed by atoms with Crippen LogP contribution < -0.4 is 0 Å². The third kappa shape index (κ3) is 2.41. The van der Waals surface area contributed by atoms with Crippen LogP contribution in [0.15, 0.2) is 22.9 Å². The molecule has 1 rings (SSSR count). The molecule has 1 N–H and O–H groups in total. The van der Waals surface area contributed by atoms with Crippen molar-refractivity contribution in [3.05, 3.63) is 28.5 Å². The summed E-state index contributed by atoms with van der Waals surface area (Å²) in [7, 11) is 0. The molecule has 1 atom stereocenters. The van der Waals surface area contributed by atoms with Crippen LogP contribution in [0.4, 0.5) is 13.2 Å². The fourth-order valence-corrected chi connectivity index (χ4v) is 1.25. The first-order valence-corrected chi connectivity index (χ1v) is 4.06. The first kappa shape index (κ1) is 10.5. The smallest absolute Gasteiger partial charge is 0.379 e. The van der Waals surface area contributed by atoms with Gasteiger partial charge in [0.15, 0.2) is 6.10 Å². The molecule has 0 amide bonds. The summed E-state index contributed by atoms with van der Waals surface area (Å²) >= 11 is 2.87. The van der Waals surface area contributed by atoms with Crippen molar-refractivity contribution in [2.45, 2.75) is 12.3 Å². The lowest BCUT2D eigenvalue weighted by molar-refractivity contribution is -0.207. The minimum absolute atomic E-state index is 0.139.